The Kier molecular flexibility index (Phi) is 6.06. The third-order valence-electron chi connectivity index (χ3n) is 6.44. The lowest BCUT2D eigenvalue weighted by atomic mass is 9.98. The number of fused-ring (bicyclic) bond motifs is 4. The van der Waals surface area contributed by atoms with E-state index in [0.717, 1.165) is 33.2 Å². The Morgan fingerprint density at radius 2 is 1.63 bits per heavy atom. The standard InChI is InChI=1S/C28H24N2O5/c31-26-14-11-18-15-17(9-12-24(18)29-26)10-13-25(27(32)33)30-28(34)35-16-23-21-7-3-1-5-19(21)20-6-2-4-8-22(20)23/h1-9,11-12,14-15,23,25H,10,13,16H2,(H,29,31)(H,30,34)(H,32,33)/t25-/m0/s1. The maximum Gasteiger partial charge on any atom is 0.407 e. The first-order valence-electron chi connectivity index (χ1n) is 11.5. The van der Waals surface area contributed by atoms with E-state index < -0.39 is 18.1 Å². The van der Waals surface area contributed by atoms with E-state index in [2.05, 4.69) is 22.4 Å². The van der Waals surface area contributed by atoms with Crippen molar-refractivity contribution in [3.05, 3.63) is 106 Å². The molecule has 0 fully saturated rings. The summed E-state index contributed by atoms with van der Waals surface area (Å²) >= 11 is 0. The molecule has 1 amide bonds. The molecule has 5 rings (SSSR count). The van der Waals surface area contributed by atoms with Gasteiger partial charge in [-0.1, -0.05) is 54.6 Å². The first kappa shape index (κ1) is 22.4. The lowest BCUT2D eigenvalue weighted by Crippen LogP contribution is -2.41. The summed E-state index contributed by atoms with van der Waals surface area (Å²) in [6.45, 7) is 0.120. The summed E-state index contributed by atoms with van der Waals surface area (Å²) < 4.78 is 5.49. The van der Waals surface area contributed by atoms with Gasteiger partial charge in [-0.3, -0.25) is 4.79 Å². The molecule has 0 radical (unpaired) electrons. The highest BCUT2D eigenvalue weighted by atomic mass is 16.5. The average Bonchev–Trinajstić information content (AvgIpc) is 3.18. The number of hydrogen-bond acceptors (Lipinski definition) is 4. The highest BCUT2D eigenvalue weighted by Crippen LogP contribution is 2.44. The van der Waals surface area contributed by atoms with E-state index in [-0.39, 0.29) is 24.5 Å². The Bertz CT molecular complexity index is 1430. The minimum Gasteiger partial charge on any atom is -0.480 e. The largest absolute Gasteiger partial charge is 0.480 e. The summed E-state index contributed by atoms with van der Waals surface area (Å²) in [6.07, 6.45) is -0.111. The number of hydrogen-bond donors (Lipinski definition) is 3. The highest BCUT2D eigenvalue weighted by Gasteiger charge is 2.29. The van der Waals surface area contributed by atoms with Gasteiger partial charge in [0.15, 0.2) is 0 Å². The van der Waals surface area contributed by atoms with Crippen molar-refractivity contribution in [1.29, 1.82) is 0 Å². The lowest BCUT2D eigenvalue weighted by Gasteiger charge is -2.17. The minimum absolute atomic E-state index is 0.0968. The van der Waals surface area contributed by atoms with Crippen molar-refractivity contribution in [3.8, 4) is 11.1 Å². The highest BCUT2D eigenvalue weighted by molar-refractivity contribution is 5.81. The fourth-order valence-corrected chi connectivity index (χ4v) is 4.71. The third kappa shape index (κ3) is 4.66. The molecule has 4 aromatic rings. The second kappa shape index (κ2) is 9.46. The van der Waals surface area contributed by atoms with Gasteiger partial charge in [0.05, 0.1) is 0 Å². The first-order valence-corrected chi connectivity index (χ1v) is 11.5. The van der Waals surface area contributed by atoms with E-state index in [1.54, 1.807) is 12.1 Å². The van der Waals surface area contributed by atoms with Crippen LogP contribution in [0.5, 0.6) is 0 Å². The quantitative estimate of drug-likeness (QED) is 0.371. The van der Waals surface area contributed by atoms with Gasteiger partial charge in [0.25, 0.3) is 0 Å². The molecule has 1 atom stereocenters. The number of aliphatic carboxylic acids is 1. The summed E-state index contributed by atoms with van der Waals surface area (Å²) in [5, 5.41) is 13.0. The Morgan fingerprint density at radius 1 is 0.943 bits per heavy atom. The van der Waals surface area contributed by atoms with Crippen LogP contribution in [-0.4, -0.2) is 34.8 Å². The van der Waals surface area contributed by atoms with Gasteiger partial charge in [0.2, 0.25) is 5.56 Å². The molecule has 0 saturated heterocycles. The van der Waals surface area contributed by atoms with Crippen LogP contribution >= 0.6 is 0 Å². The van der Waals surface area contributed by atoms with Crippen molar-refractivity contribution in [2.75, 3.05) is 6.61 Å². The predicted octanol–water partition coefficient (Wildman–Crippen LogP) is 4.45. The molecule has 7 nitrogen and oxygen atoms in total. The van der Waals surface area contributed by atoms with E-state index in [9.17, 15) is 19.5 Å². The van der Waals surface area contributed by atoms with Crippen molar-refractivity contribution < 1.29 is 19.4 Å². The second-order valence-corrected chi connectivity index (χ2v) is 8.64. The third-order valence-corrected chi connectivity index (χ3v) is 6.44. The molecule has 1 aliphatic rings. The van der Waals surface area contributed by atoms with Crippen LogP contribution in [0, 0.1) is 0 Å². The van der Waals surface area contributed by atoms with Gasteiger partial charge < -0.3 is 20.1 Å². The number of amides is 1. The van der Waals surface area contributed by atoms with Gasteiger partial charge in [-0.15, -0.1) is 0 Å². The average molecular weight is 469 g/mol. The molecule has 35 heavy (non-hydrogen) atoms. The van der Waals surface area contributed by atoms with Gasteiger partial charge in [-0.05, 0) is 64.2 Å². The molecular weight excluding hydrogens is 444 g/mol. The van der Waals surface area contributed by atoms with Gasteiger partial charge in [-0.25, -0.2) is 9.59 Å². The Labute approximate surface area is 201 Å². The van der Waals surface area contributed by atoms with Crippen LogP contribution in [0.2, 0.25) is 0 Å². The van der Waals surface area contributed by atoms with Crippen LogP contribution in [-0.2, 0) is 16.0 Å². The monoisotopic (exact) mass is 468 g/mol. The summed E-state index contributed by atoms with van der Waals surface area (Å²) in [4.78, 5) is 38.5. The zero-order valence-electron chi connectivity index (χ0n) is 18.9. The van der Waals surface area contributed by atoms with Crippen LogP contribution in [0.3, 0.4) is 0 Å². The smallest absolute Gasteiger partial charge is 0.407 e. The van der Waals surface area contributed by atoms with Crippen molar-refractivity contribution in [2.45, 2.75) is 24.8 Å². The summed E-state index contributed by atoms with van der Waals surface area (Å²) in [5.74, 6) is -1.22. The number of aryl methyl sites for hydroxylation is 1. The molecule has 0 spiro atoms. The van der Waals surface area contributed by atoms with Gasteiger partial charge in [0, 0.05) is 17.5 Å². The van der Waals surface area contributed by atoms with Crippen molar-refractivity contribution in [3.63, 3.8) is 0 Å². The van der Waals surface area contributed by atoms with E-state index in [4.69, 9.17) is 4.74 Å². The van der Waals surface area contributed by atoms with Crippen molar-refractivity contribution in [1.82, 2.24) is 10.3 Å². The van der Waals surface area contributed by atoms with Crippen LogP contribution < -0.4 is 10.9 Å². The number of ether oxygens (including phenoxy) is 1. The van der Waals surface area contributed by atoms with Crippen LogP contribution in [0.25, 0.3) is 22.0 Å². The zero-order valence-corrected chi connectivity index (χ0v) is 18.9. The fraction of sp³-hybridized carbons (Fsp3) is 0.179. The van der Waals surface area contributed by atoms with Crippen molar-refractivity contribution >= 4 is 23.0 Å². The lowest BCUT2D eigenvalue weighted by molar-refractivity contribution is -0.139. The number of benzene rings is 3. The summed E-state index contributed by atoms with van der Waals surface area (Å²) in [5.41, 5.74) is 5.88. The van der Waals surface area contributed by atoms with E-state index >= 15 is 0 Å². The number of carboxylic acids is 1. The maximum atomic E-state index is 12.5. The molecular formula is C28H24N2O5. The number of aromatic amines is 1. The number of carboxylic acid groups (broad SMARTS) is 1. The number of nitrogens with one attached hydrogen (secondary N) is 2. The molecule has 0 bridgehead atoms. The van der Waals surface area contributed by atoms with Crippen molar-refractivity contribution in [2.24, 2.45) is 0 Å². The summed E-state index contributed by atoms with van der Waals surface area (Å²) in [6, 6.07) is 23.7. The molecule has 0 saturated carbocycles. The molecule has 3 aromatic carbocycles. The van der Waals surface area contributed by atoms with Gasteiger partial charge in [-0.2, -0.15) is 0 Å². The first-order chi connectivity index (χ1) is 17.0. The van der Waals surface area contributed by atoms with Gasteiger partial charge >= 0.3 is 12.1 Å². The molecule has 1 aromatic heterocycles. The predicted molar refractivity (Wildman–Crippen MR) is 133 cm³/mol. The number of alkyl carbamates (subject to hydrolysis) is 1. The molecule has 1 aliphatic carbocycles. The molecule has 0 aliphatic heterocycles. The molecule has 0 unspecified atom stereocenters. The normalized spacial score (nSPS) is 13.1. The number of pyridine rings is 1. The molecule has 1 heterocycles. The van der Waals surface area contributed by atoms with E-state index in [0.29, 0.717) is 11.9 Å². The SMILES string of the molecule is O=C(N[C@@H](CCc1ccc2[nH]c(=O)ccc2c1)C(=O)O)OCC1c2ccccc2-c2ccccc21. The maximum absolute atomic E-state index is 12.5. The van der Waals surface area contributed by atoms with Crippen LogP contribution in [0.15, 0.2) is 83.7 Å². The number of carbonyl (C=O) groups excluding carboxylic acids is 1. The molecule has 7 heteroatoms. The Hall–Kier alpha value is -4.39. The topological polar surface area (TPSA) is 108 Å². The van der Waals surface area contributed by atoms with Crippen LogP contribution in [0.4, 0.5) is 4.79 Å². The van der Waals surface area contributed by atoms with E-state index in [1.807, 2.05) is 48.5 Å². The van der Waals surface area contributed by atoms with E-state index in [1.165, 1.54) is 6.07 Å². The second-order valence-electron chi connectivity index (χ2n) is 8.64. The number of H-pyrrole nitrogens is 1. The number of aromatic nitrogens is 1. The minimum atomic E-state index is -1.12. The fourth-order valence-electron chi connectivity index (χ4n) is 4.71. The van der Waals surface area contributed by atoms with Crippen LogP contribution in [0.1, 0.15) is 29.0 Å². The Balaban J connectivity index is 1.22. The Morgan fingerprint density at radius 3 is 2.31 bits per heavy atom. The van der Waals surface area contributed by atoms with Gasteiger partial charge in [0.1, 0.15) is 12.6 Å². The number of carbonyl (C=O) groups is 2. The zero-order chi connectivity index (χ0) is 24.4. The molecule has 176 valence electrons. The number of rotatable bonds is 7. The molecule has 3 N–H and O–H groups in total. The summed E-state index contributed by atoms with van der Waals surface area (Å²) in [7, 11) is 0.